The van der Waals surface area contributed by atoms with Gasteiger partial charge in [0, 0.05) is 13.2 Å². The summed E-state index contributed by atoms with van der Waals surface area (Å²) in [4.78, 5) is 12.1. The van der Waals surface area contributed by atoms with Crippen molar-refractivity contribution in [3.8, 4) is 0 Å². The van der Waals surface area contributed by atoms with Gasteiger partial charge in [0.25, 0.3) is 0 Å². The van der Waals surface area contributed by atoms with Gasteiger partial charge in [0.2, 0.25) is 5.91 Å². The summed E-state index contributed by atoms with van der Waals surface area (Å²) in [7, 11) is 0. The average Bonchev–Trinajstić information content (AvgIpc) is 2.39. The lowest BCUT2D eigenvalue weighted by Crippen LogP contribution is -2.50. The van der Waals surface area contributed by atoms with Crippen molar-refractivity contribution in [1.82, 2.24) is 5.43 Å². The highest BCUT2D eigenvalue weighted by atomic mass is 16.5. The third kappa shape index (κ3) is 2.09. The second-order valence-electron chi connectivity index (χ2n) is 5.08. The maximum absolute atomic E-state index is 12.1. The quantitative estimate of drug-likeness (QED) is 0.424. The van der Waals surface area contributed by atoms with E-state index in [9.17, 15) is 4.79 Å². The first-order valence-electron chi connectivity index (χ1n) is 6.38. The molecule has 0 radical (unpaired) electrons. The molecule has 1 heterocycles. The van der Waals surface area contributed by atoms with Crippen molar-refractivity contribution in [2.24, 2.45) is 17.2 Å². The van der Waals surface area contributed by atoms with Crippen LogP contribution in [0.15, 0.2) is 0 Å². The summed E-state index contributed by atoms with van der Waals surface area (Å²) < 4.78 is 5.39. The molecule has 1 saturated carbocycles. The van der Waals surface area contributed by atoms with Crippen LogP contribution in [-0.2, 0) is 9.53 Å². The van der Waals surface area contributed by atoms with Crippen molar-refractivity contribution in [2.45, 2.75) is 44.9 Å². The van der Waals surface area contributed by atoms with E-state index in [-0.39, 0.29) is 11.3 Å². The number of rotatable bonds is 2. The van der Waals surface area contributed by atoms with Crippen LogP contribution in [0.3, 0.4) is 0 Å². The molecule has 0 aromatic rings. The van der Waals surface area contributed by atoms with Crippen LogP contribution < -0.4 is 11.3 Å². The molecule has 0 aromatic carbocycles. The van der Waals surface area contributed by atoms with Gasteiger partial charge in [-0.05, 0) is 31.6 Å². The summed E-state index contributed by atoms with van der Waals surface area (Å²) in [5.74, 6) is 5.88. The fourth-order valence-electron chi connectivity index (χ4n) is 3.40. The summed E-state index contributed by atoms with van der Waals surface area (Å²) in [5, 5.41) is 0. The normalized spacial score (nSPS) is 26.3. The lowest BCUT2D eigenvalue weighted by Gasteiger charge is -2.43. The Morgan fingerprint density at radius 3 is 2.38 bits per heavy atom. The van der Waals surface area contributed by atoms with E-state index < -0.39 is 0 Å². The topological polar surface area (TPSA) is 64.3 Å². The first-order valence-corrected chi connectivity index (χ1v) is 6.38. The molecule has 2 rings (SSSR count). The lowest BCUT2D eigenvalue weighted by molar-refractivity contribution is -0.140. The predicted octanol–water partition coefficient (Wildman–Crippen LogP) is 1.35. The summed E-state index contributed by atoms with van der Waals surface area (Å²) in [6.07, 6.45) is 7.58. The Bertz CT molecular complexity index is 243. The highest BCUT2D eigenvalue weighted by Crippen LogP contribution is 2.46. The standard InChI is InChI=1S/C12H22N2O2/c13-14-11(15)12(6-2-1-3-7-12)10-4-8-16-9-5-10/h10H,1-9,13H2,(H,14,15). The number of hydrazine groups is 1. The molecule has 92 valence electrons. The van der Waals surface area contributed by atoms with E-state index in [1.807, 2.05) is 0 Å². The van der Waals surface area contributed by atoms with Crippen LogP contribution in [0.5, 0.6) is 0 Å². The van der Waals surface area contributed by atoms with E-state index in [4.69, 9.17) is 10.6 Å². The van der Waals surface area contributed by atoms with Gasteiger partial charge in [-0.1, -0.05) is 19.3 Å². The van der Waals surface area contributed by atoms with Gasteiger partial charge in [0.1, 0.15) is 0 Å². The fraction of sp³-hybridized carbons (Fsp3) is 0.917. The van der Waals surface area contributed by atoms with Crippen molar-refractivity contribution in [3.05, 3.63) is 0 Å². The molecule has 0 unspecified atom stereocenters. The van der Waals surface area contributed by atoms with E-state index in [0.717, 1.165) is 51.7 Å². The number of hydrogen-bond acceptors (Lipinski definition) is 3. The van der Waals surface area contributed by atoms with Crippen LogP contribution in [0.1, 0.15) is 44.9 Å². The zero-order valence-electron chi connectivity index (χ0n) is 9.84. The Balaban J connectivity index is 2.14. The minimum absolute atomic E-state index is 0.0547. The van der Waals surface area contributed by atoms with Gasteiger partial charge in [0.15, 0.2) is 0 Å². The van der Waals surface area contributed by atoms with Crippen molar-refractivity contribution in [1.29, 1.82) is 0 Å². The van der Waals surface area contributed by atoms with Crippen molar-refractivity contribution in [2.75, 3.05) is 13.2 Å². The molecule has 0 bridgehead atoms. The second-order valence-corrected chi connectivity index (χ2v) is 5.08. The number of carbonyl (C=O) groups is 1. The van der Waals surface area contributed by atoms with Crippen LogP contribution in [0.4, 0.5) is 0 Å². The molecule has 1 aliphatic carbocycles. The minimum Gasteiger partial charge on any atom is -0.381 e. The van der Waals surface area contributed by atoms with Crippen molar-refractivity contribution in [3.63, 3.8) is 0 Å². The van der Waals surface area contributed by atoms with Gasteiger partial charge < -0.3 is 4.74 Å². The van der Waals surface area contributed by atoms with Crippen molar-refractivity contribution >= 4 is 5.91 Å². The number of nitrogens with two attached hydrogens (primary N) is 1. The average molecular weight is 226 g/mol. The van der Waals surface area contributed by atoms with Gasteiger partial charge in [-0.3, -0.25) is 10.2 Å². The fourth-order valence-corrected chi connectivity index (χ4v) is 3.40. The van der Waals surface area contributed by atoms with Gasteiger partial charge in [-0.15, -0.1) is 0 Å². The highest BCUT2D eigenvalue weighted by molar-refractivity contribution is 5.82. The van der Waals surface area contributed by atoms with E-state index in [1.165, 1.54) is 6.42 Å². The number of ether oxygens (including phenoxy) is 1. The lowest BCUT2D eigenvalue weighted by atomic mass is 9.63. The zero-order chi connectivity index (χ0) is 11.4. The summed E-state index contributed by atoms with van der Waals surface area (Å²) in [6, 6.07) is 0. The summed E-state index contributed by atoms with van der Waals surface area (Å²) in [6.45, 7) is 1.59. The Hall–Kier alpha value is -0.610. The Morgan fingerprint density at radius 2 is 1.81 bits per heavy atom. The molecule has 1 aliphatic heterocycles. The van der Waals surface area contributed by atoms with Crippen LogP contribution in [-0.4, -0.2) is 19.1 Å². The molecule has 0 aromatic heterocycles. The molecule has 4 nitrogen and oxygen atoms in total. The van der Waals surface area contributed by atoms with Gasteiger partial charge in [-0.2, -0.15) is 0 Å². The maximum Gasteiger partial charge on any atom is 0.240 e. The third-order valence-corrected chi connectivity index (χ3v) is 4.33. The van der Waals surface area contributed by atoms with E-state index >= 15 is 0 Å². The number of amides is 1. The molecule has 2 aliphatic rings. The van der Waals surface area contributed by atoms with E-state index in [1.54, 1.807) is 0 Å². The maximum atomic E-state index is 12.1. The summed E-state index contributed by atoms with van der Waals surface area (Å²) in [5.41, 5.74) is 2.20. The smallest absolute Gasteiger partial charge is 0.240 e. The summed E-state index contributed by atoms with van der Waals surface area (Å²) >= 11 is 0. The number of carbonyl (C=O) groups excluding carboxylic acids is 1. The van der Waals surface area contributed by atoms with Gasteiger partial charge in [0.05, 0.1) is 5.41 Å². The van der Waals surface area contributed by atoms with E-state index in [2.05, 4.69) is 5.43 Å². The molecule has 0 atom stereocenters. The van der Waals surface area contributed by atoms with Crippen LogP contribution in [0, 0.1) is 11.3 Å². The highest BCUT2D eigenvalue weighted by Gasteiger charge is 2.45. The first-order chi connectivity index (χ1) is 7.79. The molecule has 2 fully saturated rings. The Morgan fingerprint density at radius 1 is 1.19 bits per heavy atom. The SMILES string of the molecule is NNC(=O)C1(C2CCOCC2)CCCCC1. The molecular formula is C12H22N2O2. The van der Waals surface area contributed by atoms with Crippen LogP contribution in [0.25, 0.3) is 0 Å². The van der Waals surface area contributed by atoms with Gasteiger partial charge >= 0.3 is 0 Å². The molecule has 1 amide bonds. The second kappa shape index (κ2) is 5.15. The number of nitrogens with one attached hydrogen (secondary N) is 1. The molecule has 3 N–H and O–H groups in total. The minimum atomic E-state index is -0.198. The molecule has 0 spiro atoms. The molecule has 1 saturated heterocycles. The van der Waals surface area contributed by atoms with Crippen LogP contribution in [0.2, 0.25) is 0 Å². The zero-order valence-corrected chi connectivity index (χ0v) is 9.84. The van der Waals surface area contributed by atoms with Gasteiger partial charge in [-0.25, -0.2) is 5.84 Å². The van der Waals surface area contributed by atoms with Crippen molar-refractivity contribution < 1.29 is 9.53 Å². The Labute approximate surface area is 96.9 Å². The number of hydrogen-bond donors (Lipinski definition) is 2. The largest absolute Gasteiger partial charge is 0.381 e. The molecular weight excluding hydrogens is 204 g/mol. The molecule has 16 heavy (non-hydrogen) atoms. The van der Waals surface area contributed by atoms with E-state index in [0.29, 0.717) is 5.92 Å². The van der Waals surface area contributed by atoms with Crippen LogP contribution >= 0.6 is 0 Å². The molecule has 4 heteroatoms. The Kier molecular flexibility index (Phi) is 3.82. The first kappa shape index (κ1) is 11.9. The third-order valence-electron chi connectivity index (χ3n) is 4.33. The monoisotopic (exact) mass is 226 g/mol. The predicted molar refractivity (Wildman–Crippen MR) is 61.4 cm³/mol.